The molecule has 19 heavy (non-hydrogen) atoms. The minimum Gasteiger partial charge on any atom is -0.314 e. The van der Waals surface area contributed by atoms with Gasteiger partial charge in [0.2, 0.25) is 0 Å². The highest BCUT2D eigenvalue weighted by Gasteiger charge is 2.03. The fraction of sp³-hybridized carbons (Fsp3) is 0. The quantitative estimate of drug-likeness (QED) is 0.782. The fourth-order valence-corrected chi connectivity index (χ4v) is 1.92. The van der Waals surface area contributed by atoms with Crippen molar-refractivity contribution in [3.63, 3.8) is 0 Å². The molecule has 1 N–H and O–H groups in total. The normalized spacial score (nSPS) is 9.37. The summed E-state index contributed by atoms with van der Waals surface area (Å²) in [4.78, 5) is 11.7. The molecule has 2 rings (SSSR count). The molecule has 0 unspecified atom stereocenters. The van der Waals surface area contributed by atoms with E-state index >= 15 is 0 Å². The first-order chi connectivity index (χ1) is 9.15. The first-order valence-electron chi connectivity index (χ1n) is 5.48. The lowest BCUT2D eigenvalue weighted by Gasteiger charge is -2.03. The lowest BCUT2D eigenvalue weighted by atomic mass is 10.2. The van der Waals surface area contributed by atoms with E-state index in [4.69, 9.17) is 11.6 Å². The number of rotatable bonds is 1. The summed E-state index contributed by atoms with van der Waals surface area (Å²) in [6.45, 7) is 0. The van der Waals surface area contributed by atoms with E-state index in [1.807, 2.05) is 30.3 Å². The molecule has 0 atom stereocenters. The molecule has 0 aliphatic heterocycles. The summed E-state index contributed by atoms with van der Waals surface area (Å²) >= 11 is 9.29. The van der Waals surface area contributed by atoms with Gasteiger partial charge in [-0.3, -0.25) is 4.79 Å². The van der Waals surface area contributed by atoms with Gasteiger partial charge in [0, 0.05) is 16.0 Å². The smallest absolute Gasteiger partial charge is 0.300 e. The minimum atomic E-state index is -0.399. The van der Waals surface area contributed by atoms with Crippen molar-refractivity contribution >= 4 is 39.1 Å². The average molecular weight is 335 g/mol. The summed E-state index contributed by atoms with van der Waals surface area (Å²) in [5.41, 5.74) is 1.32. The van der Waals surface area contributed by atoms with Crippen molar-refractivity contribution in [2.45, 2.75) is 0 Å². The SMILES string of the molecule is O=C(C#Cc1ccccc1)Nc1cc(Br)ccc1Cl. The van der Waals surface area contributed by atoms with Crippen LogP contribution in [-0.4, -0.2) is 5.91 Å². The Morgan fingerprint density at radius 1 is 1.16 bits per heavy atom. The van der Waals surface area contributed by atoms with Crippen molar-refractivity contribution in [1.29, 1.82) is 0 Å². The summed E-state index contributed by atoms with van der Waals surface area (Å²) in [5, 5.41) is 3.12. The summed E-state index contributed by atoms with van der Waals surface area (Å²) in [6, 6.07) is 14.5. The standard InChI is InChI=1S/C15H9BrClNO/c16-12-7-8-13(17)14(10-12)18-15(19)9-6-11-4-2-1-3-5-11/h1-5,7-8,10H,(H,18,19). The molecule has 0 fully saturated rings. The predicted octanol–water partition coefficient (Wildman–Crippen LogP) is 4.09. The van der Waals surface area contributed by atoms with Crippen LogP contribution in [-0.2, 0) is 4.79 Å². The third-order valence-electron chi connectivity index (χ3n) is 2.27. The molecule has 0 aliphatic carbocycles. The van der Waals surface area contributed by atoms with Crippen LogP contribution in [0, 0.1) is 11.8 Å². The summed E-state index contributed by atoms with van der Waals surface area (Å²) in [7, 11) is 0. The maximum Gasteiger partial charge on any atom is 0.300 e. The van der Waals surface area contributed by atoms with Crippen molar-refractivity contribution in [2.75, 3.05) is 5.32 Å². The van der Waals surface area contributed by atoms with Gasteiger partial charge in [0.15, 0.2) is 0 Å². The second kappa shape index (κ2) is 6.42. The number of hydrogen-bond acceptors (Lipinski definition) is 1. The van der Waals surface area contributed by atoms with Crippen LogP contribution in [0.4, 0.5) is 5.69 Å². The molecule has 0 radical (unpaired) electrons. The van der Waals surface area contributed by atoms with Crippen LogP contribution in [0.15, 0.2) is 53.0 Å². The Kier molecular flexibility index (Phi) is 4.62. The van der Waals surface area contributed by atoms with Crippen LogP contribution in [0.2, 0.25) is 5.02 Å². The van der Waals surface area contributed by atoms with E-state index in [0.717, 1.165) is 10.0 Å². The highest BCUT2D eigenvalue weighted by molar-refractivity contribution is 9.10. The zero-order valence-corrected chi connectivity index (χ0v) is 12.1. The summed E-state index contributed by atoms with van der Waals surface area (Å²) < 4.78 is 0.836. The molecule has 0 bridgehead atoms. The van der Waals surface area contributed by atoms with E-state index in [-0.39, 0.29) is 0 Å². The van der Waals surface area contributed by atoms with Gasteiger partial charge in [-0.2, -0.15) is 0 Å². The molecule has 0 aromatic heterocycles. The van der Waals surface area contributed by atoms with Crippen LogP contribution < -0.4 is 5.32 Å². The van der Waals surface area contributed by atoms with E-state index in [0.29, 0.717) is 10.7 Å². The first-order valence-corrected chi connectivity index (χ1v) is 6.65. The lowest BCUT2D eigenvalue weighted by Crippen LogP contribution is -2.08. The fourth-order valence-electron chi connectivity index (χ4n) is 1.40. The monoisotopic (exact) mass is 333 g/mol. The molecular weight excluding hydrogens is 326 g/mol. The van der Waals surface area contributed by atoms with Crippen molar-refractivity contribution in [2.24, 2.45) is 0 Å². The number of amides is 1. The molecule has 0 heterocycles. The van der Waals surface area contributed by atoms with Gasteiger partial charge in [0.1, 0.15) is 0 Å². The van der Waals surface area contributed by atoms with Crippen molar-refractivity contribution in [1.82, 2.24) is 0 Å². The average Bonchev–Trinajstić information content (AvgIpc) is 2.42. The first kappa shape index (κ1) is 13.7. The van der Waals surface area contributed by atoms with Gasteiger partial charge in [0.05, 0.1) is 10.7 Å². The summed E-state index contributed by atoms with van der Waals surface area (Å²) in [6.07, 6.45) is 0. The molecule has 2 aromatic rings. The molecule has 0 aliphatic rings. The highest BCUT2D eigenvalue weighted by atomic mass is 79.9. The largest absolute Gasteiger partial charge is 0.314 e. The topological polar surface area (TPSA) is 29.1 Å². The molecule has 94 valence electrons. The second-order valence-electron chi connectivity index (χ2n) is 3.69. The Morgan fingerprint density at radius 3 is 2.63 bits per heavy atom. The van der Waals surface area contributed by atoms with Gasteiger partial charge in [-0.1, -0.05) is 51.7 Å². The number of benzene rings is 2. The van der Waals surface area contributed by atoms with Crippen molar-refractivity contribution in [3.05, 3.63) is 63.6 Å². The zero-order valence-electron chi connectivity index (χ0n) is 9.78. The Hall–Kier alpha value is -1.76. The van der Waals surface area contributed by atoms with Crippen LogP contribution in [0.3, 0.4) is 0 Å². The molecule has 0 saturated heterocycles. The summed E-state index contributed by atoms with van der Waals surface area (Å²) in [5.74, 6) is 4.90. The minimum absolute atomic E-state index is 0.399. The van der Waals surface area contributed by atoms with E-state index < -0.39 is 5.91 Å². The number of hydrogen-bond donors (Lipinski definition) is 1. The third kappa shape index (κ3) is 4.13. The van der Waals surface area contributed by atoms with E-state index in [2.05, 4.69) is 33.1 Å². The zero-order chi connectivity index (χ0) is 13.7. The van der Waals surface area contributed by atoms with Gasteiger partial charge in [0.25, 0.3) is 0 Å². The van der Waals surface area contributed by atoms with Crippen molar-refractivity contribution in [3.8, 4) is 11.8 Å². The number of carbonyl (C=O) groups excluding carboxylic acids is 1. The van der Waals surface area contributed by atoms with Crippen LogP contribution in [0.25, 0.3) is 0 Å². The number of halogens is 2. The molecule has 4 heteroatoms. The molecule has 2 nitrogen and oxygen atoms in total. The van der Waals surface area contributed by atoms with Gasteiger partial charge >= 0.3 is 5.91 Å². The van der Waals surface area contributed by atoms with Gasteiger partial charge in [-0.05, 0) is 30.3 Å². The lowest BCUT2D eigenvalue weighted by molar-refractivity contribution is -0.111. The molecule has 2 aromatic carbocycles. The van der Waals surface area contributed by atoms with Gasteiger partial charge in [-0.25, -0.2) is 0 Å². The van der Waals surface area contributed by atoms with Crippen LogP contribution in [0.5, 0.6) is 0 Å². The van der Waals surface area contributed by atoms with Crippen LogP contribution in [0.1, 0.15) is 5.56 Å². The maximum absolute atomic E-state index is 11.7. The highest BCUT2D eigenvalue weighted by Crippen LogP contribution is 2.25. The van der Waals surface area contributed by atoms with E-state index in [1.165, 1.54) is 0 Å². The second-order valence-corrected chi connectivity index (χ2v) is 5.02. The van der Waals surface area contributed by atoms with Crippen molar-refractivity contribution < 1.29 is 4.79 Å². The predicted molar refractivity (Wildman–Crippen MR) is 81.1 cm³/mol. The van der Waals surface area contributed by atoms with E-state index in [1.54, 1.807) is 18.2 Å². The Bertz CT molecular complexity index is 659. The Labute approximate surface area is 124 Å². The van der Waals surface area contributed by atoms with Crippen LogP contribution >= 0.6 is 27.5 Å². The molecule has 1 amide bonds. The number of anilines is 1. The van der Waals surface area contributed by atoms with Gasteiger partial charge < -0.3 is 5.32 Å². The molecule has 0 spiro atoms. The number of nitrogens with one attached hydrogen (secondary N) is 1. The number of carbonyl (C=O) groups is 1. The molecular formula is C15H9BrClNO. The molecule has 0 saturated carbocycles. The maximum atomic E-state index is 11.7. The Balaban J connectivity index is 2.10. The third-order valence-corrected chi connectivity index (χ3v) is 3.09. The van der Waals surface area contributed by atoms with Gasteiger partial charge in [-0.15, -0.1) is 0 Å². The Morgan fingerprint density at radius 2 is 1.89 bits per heavy atom. The van der Waals surface area contributed by atoms with E-state index in [9.17, 15) is 4.79 Å².